The van der Waals surface area contributed by atoms with Gasteiger partial charge in [-0.2, -0.15) is 0 Å². The molecule has 2 saturated heterocycles. The van der Waals surface area contributed by atoms with Crippen molar-refractivity contribution in [2.24, 2.45) is 4.99 Å². The molecule has 0 bridgehead atoms. The fraction of sp³-hybridized carbons (Fsp3) is 0.810. The highest BCUT2D eigenvalue weighted by atomic mass is 16.5. The fourth-order valence-corrected chi connectivity index (χ4v) is 4.41. The molecule has 0 saturated carbocycles. The molecule has 3 heterocycles. The lowest BCUT2D eigenvalue weighted by atomic mass is 9.88. The second kappa shape index (κ2) is 10.3. The Bertz CT molecular complexity index is 609. The summed E-state index contributed by atoms with van der Waals surface area (Å²) >= 11 is 0. The second-order valence-corrected chi connectivity index (χ2v) is 7.82. The Hall–Kier alpha value is -1.60. The maximum atomic E-state index is 5.67. The molecule has 1 aromatic heterocycles. The average molecular weight is 392 g/mol. The van der Waals surface area contributed by atoms with Crippen LogP contribution in [0.1, 0.15) is 63.5 Å². The Morgan fingerprint density at radius 1 is 1.11 bits per heavy atom. The third-order valence-corrected chi connectivity index (χ3v) is 6.13. The van der Waals surface area contributed by atoms with Gasteiger partial charge in [0, 0.05) is 43.8 Å². The van der Waals surface area contributed by atoms with E-state index in [0.717, 1.165) is 75.0 Å². The first-order valence-electron chi connectivity index (χ1n) is 11.0. The summed E-state index contributed by atoms with van der Waals surface area (Å²) in [5.74, 6) is 1.83. The highest BCUT2D eigenvalue weighted by Gasteiger charge is 2.39. The Kier molecular flexibility index (Phi) is 7.73. The number of hydrogen-bond acceptors (Lipinski definition) is 5. The minimum Gasteiger partial charge on any atom is -0.381 e. The van der Waals surface area contributed by atoms with E-state index in [-0.39, 0.29) is 5.54 Å². The van der Waals surface area contributed by atoms with Crippen LogP contribution in [0.2, 0.25) is 0 Å². The molecule has 7 heteroatoms. The van der Waals surface area contributed by atoms with E-state index in [0.29, 0.717) is 6.54 Å². The first-order valence-corrected chi connectivity index (χ1v) is 11.0. The maximum absolute atomic E-state index is 5.67. The zero-order valence-corrected chi connectivity index (χ0v) is 17.9. The van der Waals surface area contributed by atoms with Crippen LogP contribution in [0.25, 0.3) is 0 Å². The standard InChI is InChI=1S/C21H37N5O2/c1-4-18-17(19(5-2)28-25-18)15-23-20(22-6-3)24-16-21(9-13-27-14-10-21)26-11-7-8-12-26/h4-16H2,1-3H3,(H2,22,23,24). The number of ether oxygens (including phenoxy) is 1. The molecule has 0 spiro atoms. The topological polar surface area (TPSA) is 74.9 Å². The summed E-state index contributed by atoms with van der Waals surface area (Å²) in [6.07, 6.45) is 6.51. The van der Waals surface area contributed by atoms with Crippen LogP contribution >= 0.6 is 0 Å². The molecular weight excluding hydrogens is 354 g/mol. The fourth-order valence-electron chi connectivity index (χ4n) is 4.41. The lowest BCUT2D eigenvalue weighted by molar-refractivity contribution is -0.0164. The molecule has 2 aliphatic rings. The minimum absolute atomic E-state index is 0.186. The molecule has 7 nitrogen and oxygen atoms in total. The zero-order valence-electron chi connectivity index (χ0n) is 17.9. The summed E-state index contributed by atoms with van der Waals surface area (Å²) < 4.78 is 11.2. The molecule has 2 N–H and O–H groups in total. The Labute approximate surface area is 169 Å². The minimum atomic E-state index is 0.186. The Morgan fingerprint density at radius 3 is 2.50 bits per heavy atom. The molecule has 1 aromatic rings. The van der Waals surface area contributed by atoms with Crippen LogP contribution in [0.15, 0.2) is 9.52 Å². The summed E-state index contributed by atoms with van der Waals surface area (Å²) in [7, 11) is 0. The van der Waals surface area contributed by atoms with Crippen LogP contribution in [-0.4, -0.2) is 60.9 Å². The van der Waals surface area contributed by atoms with Crippen LogP contribution in [-0.2, 0) is 24.1 Å². The van der Waals surface area contributed by atoms with Gasteiger partial charge in [-0.3, -0.25) is 4.90 Å². The van der Waals surface area contributed by atoms with Crippen LogP contribution < -0.4 is 10.6 Å². The van der Waals surface area contributed by atoms with E-state index in [1.807, 2.05) is 0 Å². The van der Waals surface area contributed by atoms with Crippen molar-refractivity contribution in [1.82, 2.24) is 20.7 Å². The number of guanidine groups is 1. The Morgan fingerprint density at radius 2 is 1.86 bits per heavy atom. The van der Waals surface area contributed by atoms with E-state index in [1.54, 1.807) is 0 Å². The van der Waals surface area contributed by atoms with Gasteiger partial charge in [-0.1, -0.05) is 19.0 Å². The number of likely N-dealkylation sites (tertiary alicyclic amines) is 1. The van der Waals surface area contributed by atoms with Gasteiger partial charge in [0.1, 0.15) is 5.76 Å². The highest BCUT2D eigenvalue weighted by Crippen LogP contribution is 2.30. The van der Waals surface area contributed by atoms with Crippen molar-refractivity contribution in [3.63, 3.8) is 0 Å². The summed E-state index contributed by atoms with van der Waals surface area (Å²) in [5.41, 5.74) is 2.35. The van der Waals surface area contributed by atoms with Crippen molar-refractivity contribution >= 4 is 5.96 Å². The third kappa shape index (κ3) is 4.87. The van der Waals surface area contributed by atoms with Gasteiger partial charge in [0.25, 0.3) is 0 Å². The molecule has 0 aliphatic carbocycles. The largest absolute Gasteiger partial charge is 0.381 e. The molecule has 0 unspecified atom stereocenters. The van der Waals surface area contributed by atoms with E-state index in [2.05, 4.69) is 41.5 Å². The van der Waals surface area contributed by atoms with Gasteiger partial charge in [0.15, 0.2) is 5.96 Å². The number of nitrogens with one attached hydrogen (secondary N) is 2. The van der Waals surface area contributed by atoms with Crippen molar-refractivity contribution in [3.8, 4) is 0 Å². The van der Waals surface area contributed by atoms with E-state index in [4.69, 9.17) is 14.3 Å². The lowest BCUT2D eigenvalue weighted by Crippen LogP contribution is -2.58. The molecule has 2 fully saturated rings. The van der Waals surface area contributed by atoms with E-state index >= 15 is 0 Å². The summed E-state index contributed by atoms with van der Waals surface area (Å²) in [4.78, 5) is 7.54. The normalized spacial score (nSPS) is 20.5. The summed E-state index contributed by atoms with van der Waals surface area (Å²) in [6, 6.07) is 0. The smallest absolute Gasteiger partial charge is 0.191 e. The van der Waals surface area contributed by atoms with Crippen molar-refractivity contribution < 1.29 is 9.26 Å². The Balaban J connectivity index is 1.69. The molecule has 0 amide bonds. The molecule has 3 rings (SSSR count). The molecule has 0 aromatic carbocycles. The van der Waals surface area contributed by atoms with Crippen molar-refractivity contribution in [2.75, 3.05) is 39.4 Å². The first-order chi connectivity index (χ1) is 13.7. The van der Waals surface area contributed by atoms with Gasteiger partial charge in [0.2, 0.25) is 0 Å². The van der Waals surface area contributed by atoms with Crippen molar-refractivity contribution in [3.05, 3.63) is 17.0 Å². The predicted molar refractivity (Wildman–Crippen MR) is 112 cm³/mol. The number of aromatic nitrogens is 1. The van der Waals surface area contributed by atoms with Crippen LogP contribution in [0.5, 0.6) is 0 Å². The highest BCUT2D eigenvalue weighted by molar-refractivity contribution is 5.79. The number of aliphatic imine (C=N–C) groups is 1. The van der Waals surface area contributed by atoms with E-state index < -0.39 is 0 Å². The molecule has 28 heavy (non-hydrogen) atoms. The quantitative estimate of drug-likeness (QED) is 0.524. The first kappa shape index (κ1) is 21.1. The average Bonchev–Trinajstić information content (AvgIpc) is 3.40. The van der Waals surface area contributed by atoms with Gasteiger partial charge in [-0.15, -0.1) is 0 Å². The monoisotopic (exact) mass is 391 g/mol. The van der Waals surface area contributed by atoms with Crippen LogP contribution in [0.3, 0.4) is 0 Å². The predicted octanol–water partition coefficient (Wildman–Crippen LogP) is 2.50. The number of aryl methyl sites for hydroxylation is 2. The number of nitrogens with zero attached hydrogens (tertiary/aromatic N) is 3. The molecule has 2 aliphatic heterocycles. The lowest BCUT2D eigenvalue weighted by Gasteiger charge is -2.45. The van der Waals surface area contributed by atoms with Crippen LogP contribution in [0, 0.1) is 0 Å². The van der Waals surface area contributed by atoms with Gasteiger partial charge in [0.05, 0.1) is 12.2 Å². The van der Waals surface area contributed by atoms with E-state index in [9.17, 15) is 0 Å². The third-order valence-electron chi connectivity index (χ3n) is 6.13. The van der Waals surface area contributed by atoms with Crippen molar-refractivity contribution in [2.45, 2.75) is 71.4 Å². The zero-order chi connectivity index (χ0) is 19.8. The molecular formula is C21H37N5O2. The summed E-state index contributed by atoms with van der Waals surface area (Å²) in [6.45, 7) is 12.8. The number of rotatable bonds is 8. The van der Waals surface area contributed by atoms with Gasteiger partial charge >= 0.3 is 0 Å². The van der Waals surface area contributed by atoms with E-state index in [1.165, 1.54) is 25.9 Å². The maximum Gasteiger partial charge on any atom is 0.191 e. The molecule has 158 valence electrons. The SMILES string of the molecule is CCNC(=NCc1c(CC)noc1CC)NCC1(N2CCCC2)CCOCC1. The van der Waals surface area contributed by atoms with Gasteiger partial charge in [-0.25, -0.2) is 4.99 Å². The van der Waals surface area contributed by atoms with Gasteiger partial charge < -0.3 is 19.9 Å². The summed E-state index contributed by atoms with van der Waals surface area (Å²) in [5, 5.41) is 11.2. The second-order valence-electron chi connectivity index (χ2n) is 7.82. The molecule has 0 radical (unpaired) electrons. The molecule has 0 atom stereocenters. The van der Waals surface area contributed by atoms with Crippen LogP contribution in [0.4, 0.5) is 0 Å². The van der Waals surface area contributed by atoms with Gasteiger partial charge in [-0.05, 0) is 52.1 Å². The number of hydrogen-bond donors (Lipinski definition) is 2. The van der Waals surface area contributed by atoms with Crippen molar-refractivity contribution in [1.29, 1.82) is 0 Å².